The number of nitro benzene ring substituents is 1. The second kappa shape index (κ2) is 7.25. The summed E-state index contributed by atoms with van der Waals surface area (Å²) in [6.07, 6.45) is 4.34. The van der Waals surface area contributed by atoms with E-state index < -0.39 is 10.8 Å². The van der Waals surface area contributed by atoms with Crippen molar-refractivity contribution < 1.29 is 14.5 Å². The molecule has 26 heavy (non-hydrogen) atoms. The Labute approximate surface area is 146 Å². The summed E-state index contributed by atoms with van der Waals surface area (Å²) in [5.74, 6) is 0.0628. The van der Waals surface area contributed by atoms with Gasteiger partial charge in [0.1, 0.15) is 0 Å². The van der Waals surface area contributed by atoms with Gasteiger partial charge in [-0.2, -0.15) is 10.1 Å². The molecule has 132 valence electrons. The minimum atomic E-state index is -0.488. The van der Waals surface area contributed by atoms with E-state index in [1.807, 2.05) is 0 Å². The van der Waals surface area contributed by atoms with Crippen molar-refractivity contribution in [2.24, 2.45) is 0 Å². The smallest absolute Gasteiger partial charge is 0.272 e. The summed E-state index contributed by atoms with van der Waals surface area (Å²) in [5, 5.41) is 14.7. The molecule has 0 atom stereocenters. The van der Waals surface area contributed by atoms with Gasteiger partial charge in [-0.3, -0.25) is 25.8 Å². The highest BCUT2D eigenvalue weighted by Crippen LogP contribution is 2.15. The molecule has 0 saturated heterocycles. The highest BCUT2D eigenvalue weighted by atomic mass is 16.6. The zero-order valence-corrected chi connectivity index (χ0v) is 13.5. The van der Waals surface area contributed by atoms with Gasteiger partial charge in [0.15, 0.2) is 0 Å². The van der Waals surface area contributed by atoms with Crippen molar-refractivity contribution in [3.8, 4) is 11.6 Å². The Balaban J connectivity index is 1.66. The topological polar surface area (TPSA) is 137 Å². The van der Waals surface area contributed by atoms with Crippen molar-refractivity contribution in [3.63, 3.8) is 0 Å². The van der Waals surface area contributed by atoms with Crippen molar-refractivity contribution in [3.05, 3.63) is 64.6 Å². The minimum absolute atomic E-state index is 0.0265. The SMILES string of the molecule is COc1ccnc(NNC(=O)c2cnn(-c3ccc([N+](=O)[O-])cc3)c2)n1. The molecular formula is C15H13N7O4. The van der Waals surface area contributed by atoms with Crippen LogP contribution in [-0.2, 0) is 0 Å². The zero-order valence-electron chi connectivity index (χ0n) is 13.5. The lowest BCUT2D eigenvalue weighted by Gasteiger charge is -2.06. The van der Waals surface area contributed by atoms with Crippen LogP contribution < -0.4 is 15.6 Å². The summed E-state index contributed by atoms with van der Waals surface area (Å²) in [6.45, 7) is 0. The van der Waals surface area contributed by atoms with Crippen molar-refractivity contribution in [1.29, 1.82) is 0 Å². The van der Waals surface area contributed by atoms with E-state index in [1.54, 1.807) is 6.07 Å². The lowest BCUT2D eigenvalue weighted by atomic mass is 10.3. The zero-order chi connectivity index (χ0) is 18.5. The maximum absolute atomic E-state index is 12.2. The molecule has 2 N–H and O–H groups in total. The summed E-state index contributed by atoms with van der Waals surface area (Å²) in [7, 11) is 1.47. The number of carbonyl (C=O) groups excluding carboxylic acids is 1. The minimum Gasteiger partial charge on any atom is -0.481 e. The molecule has 2 aromatic heterocycles. The first-order chi connectivity index (χ1) is 12.6. The van der Waals surface area contributed by atoms with E-state index >= 15 is 0 Å². The monoisotopic (exact) mass is 355 g/mol. The molecule has 0 radical (unpaired) electrons. The van der Waals surface area contributed by atoms with E-state index in [-0.39, 0.29) is 17.2 Å². The van der Waals surface area contributed by atoms with Crippen molar-refractivity contribution in [2.45, 2.75) is 0 Å². The average molecular weight is 355 g/mol. The van der Waals surface area contributed by atoms with Crippen LogP contribution >= 0.6 is 0 Å². The Morgan fingerprint density at radius 2 is 2.04 bits per heavy atom. The van der Waals surface area contributed by atoms with Crippen LogP contribution in [0.25, 0.3) is 5.69 Å². The average Bonchev–Trinajstić information content (AvgIpc) is 3.16. The van der Waals surface area contributed by atoms with Crippen molar-refractivity contribution in [2.75, 3.05) is 12.5 Å². The van der Waals surface area contributed by atoms with Crippen LogP contribution in [0.1, 0.15) is 10.4 Å². The third-order valence-corrected chi connectivity index (χ3v) is 3.30. The molecule has 0 aliphatic rings. The number of methoxy groups -OCH3 is 1. The molecule has 0 spiro atoms. The van der Waals surface area contributed by atoms with E-state index in [2.05, 4.69) is 25.9 Å². The number of hydrogen-bond donors (Lipinski definition) is 2. The molecule has 0 fully saturated rings. The van der Waals surface area contributed by atoms with Gasteiger partial charge in [-0.25, -0.2) is 9.67 Å². The first kappa shape index (κ1) is 16.8. The molecule has 11 nitrogen and oxygen atoms in total. The predicted molar refractivity (Wildman–Crippen MR) is 89.9 cm³/mol. The number of carbonyl (C=O) groups is 1. The third-order valence-electron chi connectivity index (χ3n) is 3.30. The van der Waals surface area contributed by atoms with E-state index in [4.69, 9.17) is 4.74 Å². The largest absolute Gasteiger partial charge is 0.481 e. The number of nitro groups is 1. The highest BCUT2D eigenvalue weighted by Gasteiger charge is 2.11. The Morgan fingerprint density at radius 1 is 1.27 bits per heavy atom. The van der Waals surface area contributed by atoms with E-state index in [9.17, 15) is 14.9 Å². The lowest BCUT2D eigenvalue weighted by molar-refractivity contribution is -0.384. The van der Waals surface area contributed by atoms with Crippen LogP contribution in [0.2, 0.25) is 0 Å². The maximum Gasteiger partial charge on any atom is 0.272 e. The van der Waals surface area contributed by atoms with Crippen LogP contribution in [-0.4, -0.2) is 37.7 Å². The number of hydrazine groups is 1. The summed E-state index contributed by atoms with van der Waals surface area (Å²) < 4.78 is 6.39. The maximum atomic E-state index is 12.2. The van der Waals surface area contributed by atoms with Gasteiger partial charge < -0.3 is 4.74 Å². The molecule has 2 heterocycles. The Bertz CT molecular complexity index is 939. The van der Waals surface area contributed by atoms with E-state index in [0.717, 1.165) is 0 Å². The first-order valence-corrected chi connectivity index (χ1v) is 7.30. The number of benzene rings is 1. The molecule has 1 aromatic carbocycles. The Morgan fingerprint density at radius 3 is 2.73 bits per heavy atom. The Hall–Kier alpha value is -4.02. The summed E-state index contributed by atoms with van der Waals surface area (Å²) >= 11 is 0. The quantitative estimate of drug-likeness (QED) is 0.499. The fraction of sp³-hybridized carbons (Fsp3) is 0.0667. The molecule has 0 aliphatic heterocycles. The molecule has 11 heteroatoms. The summed E-state index contributed by atoms with van der Waals surface area (Å²) in [4.78, 5) is 30.3. The highest BCUT2D eigenvalue weighted by molar-refractivity contribution is 5.94. The Kier molecular flexibility index (Phi) is 4.69. The first-order valence-electron chi connectivity index (χ1n) is 7.30. The number of nitrogens with one attached hydrogen (secondary N) is 2. The van der Waals surface area contributed by atoms with Crippen LogP contribution in [0.15, 0.2) is 48.9 Å². The van der Waals surface area contributed by atoms with Gasteiger partial charge in [0.2, 0.25) is 11.8 Å². The van der Waals surface area contributed by atoms with E-state index in [0.29, 0.717) is 11.6 Å². The summed E-state index contributed by atoms with van der Waals surface area (Å²) in [5.41, 5.74) is 5.85. The molecule has 0 aliphatic carbocycles. The molecule has 3 rings (SSSR count). The fourth-order valence-electron chi connectivity index (χ4n) is 2.01. The van der Waals surface area contributed by atoms with Gasteiger partial charge in [0, 0.05) is 30.6 Å². The molecule has 0 bridgehead atoms. The van der Waals surface area contributed by atoms with Gasteiger partial charge in [-0.1, -0.05) is 0 Å². The number of aromatic nitrogens is 4. The number of hydrogen-bond acceptors (Lipinski definition) is 8. The van der Waals surface area contributed by atoms with Gasteiger partial charge >= 0.3 is 0 Å². The molecule has 3 aromatic rings. The second-order valence-electron chi connectivity index (χ2n) is 4.95. The summed E-state index contributed by atoms with van der Waals surface area (Å²) in [6, 6.07) is 7.36. The van der Waals surface area contributed by atoms with Crippen LogP contribution in [0.5, 0.6) is 5.88 Å². The lowest BCUT2D eigenvalue weighted by Crippen LogP contribution is -2.30. The predicted octanol–water partition coefficient (Wildman–Crippen LogP) is 1.34. The van der Waals surface area contributed by atoms with Gasteiger partial charge in [0.25, 0.3) is 11.6 Å². The molecule has 1 amide bonds. The fourth-order valence-corrected chi connectivity index (χ4v) is 2.01. The second-order valence-corrected chi connectivity index (χ2v) is 4.95. The van der Waals surface area contributed by atoms with Crippen LogP contribution in [0, 0.1) is 10.1 Å². The normalized spacial score (nSPS) is 10.2. The van der Waals surface area contributed by atoms with Crippen molar-refractivity contribution >= 4 is 17.5 Å². The van der Waals surface area contributed by atoms with Crippen molar-refractivity contribution in [1.82, 2.24) is 25.2 Å². The standard InChI is InChI=1S/C15H13N7O4/c1-26-13-6-7-16-15(18-13)20-19-14(23)10-8-17-21(9-10)11-2-4-12(5-3-11)22(24)25/h2-9H,1H3,(H,19,23)(H,16,18,20). The third kappa shape index (κ3) is 3.72. The molecule has 0 unspecified atom stereocenters. The van der Waals surface area contributed by atoms with Gasteiger partial charge in [-0.05, 0) is 12.1 Å². The van der Waals surface area contributed by atoms with Crippen LogP contribution in [0.4, 0.5) is 11.6 Å². The molecule has 0 saturated carbocycles. The van der Waals surface area contributed by atoms with E-state index in [1.165, 1.54) is 54.6 Å². The number of nitrogens with zero attached hydrogens (tertiary/aromatic N) is 5. The number of rotatable bonds is 6. The number of non-ortho nitro benzene ring substituents is 1. The van der Waals surface area contributed by atoms with Gasteiger partial charge in [-0.15, -0.1) is 0 Å². The number of ether oxygens (including phenoxy) is 1. The number of amides is 1. The van der Waals surface area contributed by atoms with Crippen LogP contribution in [0.3, 0.4) is 0 Å². The van der Waals surface area contributed by atoms with Gasteiger partial charge in [0.05, 0.1) is 29.5 Å². The number of anilines is 1. The molecular weight excluding hydrogens is 342 g/mol.